The molecule has 7 heteroatoms. The van der Waals surface area contributed by atoms with Gasteiger partial charge in [-0.15, -0.1) is 0 Å². The van der Waals surface area contributed by atoms with Gasteiger partial charge in [0.25, 0.3) is 0 Å². The molecule has 0 aliphatic carbocycles. The summed E-state index contributed by atoms with van der Waals surface area (Å²) < 4.78 is 15.6. The standard InChI is InChI=1S/C19H25FN4O2/c1-13-14(5-4-6-16(13)20)11-23-7-8-24-15(12-23)9-17(21-24)18(25)10-19(26)22(2)3/h4-6,9,18,25H,7-8,10-12H2,1-3H3/t18-/m0/s1. The summed E-state index contributed by atoms with van der Waals surface area (Å²) in [6.45, 7) is 4.66. The van der Waals surface area contributed by atoms with Gasteiger partial charge >= 0.3 is 0 Å². The predicted octanol–water partition coefficient (Wildman–Crippen LogP) is 1.86. The fourth-order valence-electron chi connectivity index (χ4n) is 3.16. The lowest BCUT2D eigenvalue weighted by molar-refractivity contribution is -0.130. The number of amides is 1. The van der Waals surface area contributed by atoms with Gasteiger partial charge in [-0.1, -0.05) is 12.1 Å². The largest absolute Gasteiger partial charge is 0.386 e. The SMILES string of the molecule is Cc1c(F)cccc1CN1CCn2nc([C@@H](O)CC(=O)N(C)C)cc2C1. The Labute approximate surface area is 152 Å². The molecule has 1 aromatic heterocycles. The Balaban J connectivity index is 1.68. The van der Waals surface area contributed by atoms with Crippen LogP contribution in [0.1, 0.15) is 35.0 Å². The number of aromatic nitrogens is 2. The number of halogens is 1. The summed E-state index contributed by atoms with van der Waals surface area (Å²) in [5.41, 5.74) is 3.19. The van der Waals surface area contributed by atoms with E-state index in [1.807, 2.05) is 16.8 Å². The van der Waals surface area contributed by atoms with Gasteiger partial charge in [-0.05, 0) is 30.2 Å². The number of benzene rings is 1. The van der Waals surface area contributed by atoms with Gasteiger partial charge in [0.2, 0.25) is 5.91 Å². The van der Waals surface area contributed by atoms with Crippen molar-refractivity contribution in [1.82, 2.24) is 19.6 Å². The van der Waals surface area contributed by atoms with Crippen LogP contribution in [0.5, 0.6) is 0 Å². The molecule has 0 saturated carbocycles. The normalized spacial score (nSPS) is 15.6. The van der Waals surface area contributed by atoms with E-state index in [9.17, 15) is 14.3 Å². The van der Waals surface area contributed by atoms with Gasteiger partial charge in [-0.25, -0.2) is 4.39 Å². The monoisotopic (exact) mass is 360 g/mol. The van der Waals surface area contributed by atoms with Crippen LogP contribution in [0.3, 0.4) is 0 Å². The second-order valence-corrected chi connectivity index (χ2v) is 7.03. The molecule has 0 fully saturated rings. The Bertz CT molecular complexity index is 803. The molecule has 2 aromatic rings. The number of fused-ring (bicyclic) bond motifs is 1. The van der Waals surface area contributed by atoms with E-state index in [-0.39, 0.29) is 18.1 Å². The second kappa shape index (κ2) is 7.55. The molecule has 1 atom stereocenters. The summed E-state index contributed by atoms with van der Waals surface area (Å²) in [5, 5.41) is 14.7. The number of nitrogens with zero attached hydrogens (tertiary/aromatic N) is 4. The molecule has 1 N–H and O–H groups in total. The lowest BCUT2D eigenvalue weighted by Crippen LogP contribution is -2.33. The van der Waals surface area contributed by atoms with E-state index in [2.05, 4.69) is 10.00 Å². The zero-order valence-electron chi connectivity index (χ0n) is 15.4. The van der Waals surface area contributed by atoms with Crippen LogP contribution in [0, 0.1) is 12.7 Å². The molecule has 140 valence electrons. The van der Waals surface area contributed by atoms with Crippen molar-refractivity contribution in [3.63, 3.8) is 0 Å². The third-order valence-corrected chi connectivity index (χ3v) is 4.88. The highest BCUT2D eigenvalue weighted by molar-refractivity contribution is 5.76. The molecule has 26 heavy (non-hydrogen) atoms. The summed E-state index contributed by atoms with van der Waals surface area (Å²) in [7, 11) is 3.33. The quantitative estimate of drug-likeness (QED) is 0.884. The minimum atomic E-state index is -0.901. The zero-order valence-corrected chi connectivity index (χ0v) is 15.4. The van der Waals surface area contributed by atoms with Crippen molar-refractivity contribution in [2.45, 2.75) is 39.1 Å². The molecule has 3 rings (SSSR count). The molecule has 0 bridgehead atoms. The van der Waals surface area contributed by atoms with E-state index >= 15 is 0 Å². The van der Waals surface area contributed by atoms with E-state index in [1.165, 1.54) is 11.0 Å². The van der Waals surface area contributed by atoms with E-state index in [1.54, 1.807) is 27.1 Å². The van der Waals surface area contributed by atoms with Crippen LogP contribution in [0.2, 0.25) is 0 Å². The molecule has 1 aromatic carbocycles. The van der Waals surface area contributed by atoms with Crippen molar-refractivity contribution in [3.8, 4) is 0 Å². The molecular formula is C19H25FN4O2. The maximum atomic E-state index is 13.7. The predicted molar refractivity (Wildman–Crippen MR) is 95.7 cm³/mol. The number of hydrogen-bond donors (Lipinski definition) is 1. The van der Waals surface area contributed by atoms with Crippen molar-refractivity contribution in [3.05, 3.63) is 52.6 Å². The lowest BCUT2D eigenvalue weighted by Gasteiger charge is -2.28. The van der Waals surface area contributed by atoms with Crippen molar-refractivity contribution in [1.29, 1.82) is 0 Å². The van der Waals surface area contributed by atoms with Crippen LogP contribution in [0.15, 0.2) is 24.3 Å². The third kappa shape index (κ3) is 3.94. The first-order chi connectivity index (χ1) is 12.3. The molecule has 1 aliphatic rings. The van der Waals surface area contributed by atoms with Gasteiger partial charge in [-0.2, -0.15) is 5.10 Å². The topological polar surface area (TPSA) is 61.6 Å². The van der Waals surface area contributed by atoms with Gasteiger partial charge < -0.3 is 10.0 Å². The number of rotatable bonds is 5. The zero-order chi connectivity index (χ0) is 18.8. The number of aliphatic hydroxyl groups excluding tert-OH is 1. The minimum absolute atomic E-state index is 0.0235. The first-order valence-corrected chi connectivity index (χ1v) is 8.76. The van der Waals surface area contributed by atoms with Crippen molar-refractivity contribution >= 4 is 5.91 Å². The third-order valence-electron chi connectivity index (χ3n) is 4.88. The summed E-state index contributed by atoms with van der Waals surface area (Å²) in [6, 6.07) is 7.03. The maximum absolute atomic E-state index is 13.7. The number of aliphatic hydroxyl groups is 1. The Hall–Kier alpha value is -2.25. The number of carbonyl (C=O) groups excluding carboxylic acids is 1. The Morgan fingerprint density at radius 2 is 2.15 bits per heavy atom. The van der Waals surface area contributed by atoms with Crippen LogP contribution in [0.25, 0.3) is 0 Å². The van der Waals surface area contributed by atoms with Gasteiger partial charge in [0.1, 0.15) is 11.9 Å². The molecule has 0 saturated heterocycles. The second-order valence-electron chi connectivity index (χ2n) is 7.03. The summed E-state index contributed by atoms with van der Waals surface area (Å²) >= 11 is 0. The van der Waals surface area contributed by atoms with Gasteiger partial charge in [0.15, 0.2) is 0 Å². The Kier molecular flexibility index (Phi) is 5.38. The molecule has 0 spiro atoms. The highest BCUT2D eigenvalue weighted by Gasteiger charge is 2.23. The first-order valence-electron chi connectivity index (χ1n) is 8.76. The van der Waals surface area contributed by atoms with Crippen LogP contribution >= 0.6 is 0 Å². The van der Waals surface area contributed by atoms with E-state index < -0.39 is 6.10 Å². The first kappa shape index (κ1) is 18.5. The van der Waals surface area contributed by atoms with Crippen molar-refractivity contribution in [2.75, 3.05) is 20.6 Å². The fourth-order valence-corrected chi connectivity index (χ4v) is 3.16. The van der Waals surface area contributed by atoms with E-state index in [4.69, 9.17) is 0 Å². The highest BCUT2D eigenvalue weighted by atomic mass is 19.1. The van der Waals surface area contributed by atoms with Crippen LogP contribution in [-0.4, -0.2) is 51.2 Å². The van der Waals surface area contributed by atoms with Gasteiger partial charge in [0.05, 0.1) is 24.4 Å². The van der Waals surface area contributed by atoms with Gasteiger partial charge in [0, 0.05) is 33.7 Å². The fraction of sp³-hybridized carbons (Fsp3) is 0.474. The van der Waals surface area contributed by atoms with E-state index in [0.29, 0.717) is 30.9 Å². The molecule has 0 radical (unpaired) electrons. The maximum Gasteiger partial charge on any atom is 0.225 e. The smallest absolute Gasteiger partial charge is 0.225 e. The summed E-state index contributed by atoms with van der Waals surface area (Å²) in [5.74, 6) is -0.313. The molecular weight excluding hydrogens is 335 g/mol. The number of carbonyl (C=O) groups is 1. The molecule has 1 amide bonds. The lowest BCUT2D eigenvalue weighted by atomic mass is 10.1. The van der Waals surface area contributed by atoms with Crippen LogP contribution in [-0.2, 0) is 24.4 Å². The molecule has 1 aliphatic heterocycles. The summed E-state index contributed by atoms with van der Waals surface area (Å²) in [6.07, 6.45) is -0.878. The highest BCUT2D eigenvalue weighted by Crippen LogP contribution is 2.22. The van der Waals surface area contributed by atoms with E-state index in [0.717, 1.165) is 17.8 Å². The van der Waals surface area contributed by atoms with Crippen molar-refractivity contribution < 1.29 is 14.3 Å². The molecule has 6 nitrogen and oxygen atoms in total. The average molecular weight is 360 g/mol. The summed E-state index contributed by atoms with van der Waals surface area (Å²) in [4.78, 5) is 15.5. The minimum Gasteiger partial charge on any atom is -0.386 e. The van der Waals surface area contributed by atoms with Crippen LogP contribution in [0.4, 0.5) is 4.39 Å². The molecule has 2 heterocycles. The van der Waals surface area contributed by atoms with Crippen LogP contribution < -0.4 is 0 Å². The Morgan fingerprint density at radius 3 is 2.88 bits per heavy atom. The van der Waals surface area contributed by atoms with Gasteiger partial charge in [-0.3, -0.25) is 14.4 Å². The molecule has 0 unspecified atom stereocenters. The average Bonchev–Trinajstić information content (AvgIpc) is 3.02. The van der Waals surface area contributed by atoms with Crippen molar-refractivity contribution in [2.24, 2.45) is 0 Å². The number of hydrogen-bond acceptors (Lipinski definition) is 4. The Morgan fingerprint density at radius 1 is 1.38 bits per heavy atom.